The molecule has 0 radical (unpaired) electrons. The smallest absolute Gasteiger partial charge is 0.259 e. The molecule has 0 bridgehead atoms. The Morgan fingerprint density at radius 3 is 3.06 bits per heavy atom. The van der Waals surface area contributed by atoms with Gasteiger partial charge in [-0.15, -0.1) is 10.2 Å². The van der Waals surface area contributed by atoms with E-state index in [4.69, 9.17) is 17.3 Å². The van der Waals surface area contributed by atoms with Gasteiger partial charge in [-0.3, -0.25) is 10.1 Å². The molecule has 0 aliphatic heterocycles. The van der Waals surface area contributed by atoms with Gasteiger partial charge < -0.3 is 5.73 Å². The topological polar surface area (TPSA) is 93.8 Å². The average Bonchev–Trinajstić information content (AvgIpc) is 2.74. The number of anilines is 2. The van der Waals surface area contributed by atoms with Crippen LogP contribution in [-0.4, -0.2) is 21.1 Å². The summed E-state index contributed by atoms with van der Waals surface area (Å²) in [5.41, 5.74) is 7.23. The molecule has 0 saturated heterocycles. The van der Waals surface area contributed by atoms with E-state index in [2.05, 4.69) is 20.5 Å². The Morgan fingerprint density at radius 2 is 2.38 bits per heavy atom. The third-order valence-electron chi connectivity index (χ3n) is 1.70. The van der Waals surface area contributed by atoms with Crippen molar-refractivity contribution >= 4 is 39.8 Å². The van der Waals surface area contributed by atoms with Crippen LogP contribution >= 0.6 is 22.9 Å². The van der Waals surface area contributed by atoms with Gasteiger partial charge in [0.2, 0.25) is 5.13 Å². The normalized spacial score (nSPS) is 10.1. The summed E-state index contributed by atoms with van der Waals surface area (Å²) in [5, 5.41) is 10.4. The zero-order valence-corrected chi connectivity index (χ0v) is 9.42. The largest absolute Gasteiger partial charge is 0.384 e. The molecular weight excluding hydrogens is 250 g/mol. The van der Waals surface area contributed by atoms with Crippen molar-refractivity contribution in [1.29, 1.82) is 0 Å². The zero-order chi connectivity index (χ0) is 11.5. The fourth-order valence-electron chi connectivity index (χ4n) is 1.02. The highest BCUT2D eigenvalue weighted by atomic mass is 35.5. The lowest BCUT2D eigenvalue weighted by molar-refractivity contribution is 0.102. The minimum absolute atomic E-state index is 0.229. The molecule has 2 aromatic heterocycles. The monoisotopic (exact) mass is 255 g/mol. The number of carbonyl (C=O) groups is 1. The first kappa shape index (κ1) is 10.8. The second-order valence-corrected chi connectivity index (χ2v) is 4.03. The second kappa shape index (κ2) is 4.42. The third kappa shape index (κ3) is 2.26. The number of nitrogens with zero attached hydrogens (tertiary/aromatic N) is 3. The van der Waals surface area contributed by atoms with E-state index in [9.17, 15) is 4.79 Å². The van der Waals surface area contributed by atoms with E-state index in [1.54, 1.807) is 0 Å². The van der Waals surface area contributed by atoms with Crippen LogP contribution in [0.4, 0.5) is 10.9 Å². The minimum Gasteiger partial charge on any atom is -0.384 e. The number of nitrogens with two attached hydrogens (primary N) is 1. The Balaban J connectivity index is 2.24. The number of amides is 1. The molecule has 1 amide bonds. The molecule has 82 valence electrons. The van der Waals surface area contributed by atoms with Gasteiger partial charge in [-0.2, -0.15) is 0 Å². The van der Waals surface area contributed by atoms with Crippen molar-refractivity contribution in [2.75, 3.05) is 11.1 Å². The van der Waals surface area contributed by atoms with Crippen molar-refractivity contribution < 1.29 is 4.79 Å². The van der Waals surface area contributed by atoms with Crippen molar-refractivity contribution in [1.82, 2.24) is 15.2 Å². The molecule has 3 N–H and O–H groups in total. The molecule has 6 nitrogen and oxygen atoms in total. The van der Waals surface area contributed by atoms with Crippen LogP contribution in [0.25, 0.3) is 0 Å². The number of aromatic nitrogens is 3. The first-order valence-corrected chi connectivity index (χ1v) is 5.41. The number of carbonyl (C=O) groups excluding carboxylic acids is 1. The van der Waals surface area contributed by atoms with Crippen molar-refractivity contribution in [2.45, 2.75) is 0 Å². The summed E-state index contributed by atoms with van der Waals surface area (Å²) < 4.78 is 0. The average molecular weight is 256 g/mol. The number of halogens is 1. The van der Waals surface area contributed by atoms with Gasteiger partial charge in [0.05, 0.1) is 10.6 Å². The Labute approximate surface area is 99.5 Å². The van der Waals surface area contributed by atoms with Crippen molar-refractivity contribution in [3.8, 4) is 0 Å². The molecule has 0 aromatic carbocycles. The molecule has 8 heteroatoms. The molecule has 0 saturated carbocycles. The first-order chi connectivity index (χ1) is 7.66. The summed E-state index contributed by atoms with van der Waals surface area (Å²) in [4.78, 5) is 15.5. The predicted octanol–water partition coefficient (Wildman–Crippen LogP) is 1.42. The van der Waals surface area contributed by atoms with Gasteiger partial charge in [0.15, 0.2) is 0 Å². The van der Waals surface area contributed by atoms with Crippen molar-refractivity contribution in [3.63, 3.8) is 0 Å². The molecule has 0 atom stereocenters. The van der Waals surface area contributed by atoms with Crippen molar-refractivity contribution in [3.05, 3.63) is 28.4 Å². The van der Waals surface area contributed by atoms with Gasteiger partial charge in [0.25, 0.3) is 5.91 Å². The summed E-state index contributed by atoms with van der Waals surface area (Å²) in [6, 6.07) is 1.40. The third-order valence-corrected chi connectivity index (χ3v) is 2.61. The number of hydrogen-bond acceptors (Lipinski definition) is 6. The maximum atomic E-state index is 11.7. The van der Waals surface area contributed by atoms with Gasteiger partial charge in [-0.05, 0) is 6.07 Å². The van der Waals surface area contributed by atoms with E-state index in [0.29, 0.717) is 5.13 Å². The number of nitrogen functional groups attached to an aromatic ring is 1. The summed E-state index contributed by atoms with van der Waals surface area (Å²) in [7, 11) is 0. The molecule has 0 spiro atoms. The van der Waals surface area contributed by atoms with E-state index in [0.717, 1.165) is 0 Å². The Morgan fingerprint density at radius 1 is 1.56 bits per heavy atom. The lowest BCUT2D eigenvalue weighted by atomic mass is 10.2. The maximum absolute atomic E-state index is 11.7. The van der Waals surface area contributed by atoms with Crippen molar-refractivity contribution in [2.24, 2.45) is 0 Å². The molecule has 2 heterocycles. The number of pyridine rings is 1. The van der Waals surface area contributed by atoms with E-state index >= 15 is 0 Å². The standard InChI is InChI=1S/C8H6ClN5OS/c9-5-2-11-6(10)1-4(5)7(15)13-8-14-12-3-16-8/h1-3H,(H2,10,11)(H,13,14,15). The van der Waals surface area contributed by atoms with Gasteiger partial charge >= 0.3 is 0 Å². The maximum Gasteiger partial charge on any atom is 0.259 e. The van der Waals surface area contributed by atoms with E-state index in [-0.39, 0.29) is 16.4 Å². The van der Waals surface area contributed by atoms with E-state index in [1.165, 1.54) is 29.1 Å². The summed E-state index contributed by atoms with van der Waals surface area (Å²) in [6.45, 7) is 0. The molecular formula is C8H6ClN5OS. The Bertz CT molecular complexity index is 515. The lowest BCUT2D eigenvalue weighted by Crippen LogP contribution is -2.13. The zero-order valence-electron chi connectivity index (χ0n) is 7.85. The van der Waals surface area contributed by atoms with Gasteiger partial charge in [-0.25, -0.2) is 4.98 Å². The Hall–Kier alpha value is -1.73. The fourth-order valence-corrected chi connectivity index (χ4v) is 1.65. The minimum atomic E-state index is -0.393. The SMILES string of the molecule is Nc1cc(C(=O)Nc2nncs2)c(Cl)cn1. The molecule has 2 aromatic rings. The molecule has 0 aliphatic rings. The van der Waals surface area contributed by atoms with Gasteiger partial charge in [0.1, 0.15) is 11.3 Å². The van der Waals surface area contributed by atoms with Crippen LogP contribution < -0.4 is 11.1 Å². The van der Waals surface area contributed by atoms with Gasteiger partial charge in [-0.1, -0.05) is 22.9 Å². The fraction of sp³-hybridized carbons (Fsp3) is 0. The van der Waals surface area contributed by atoms with Crippen LogP contribution in [0.1, 0.15) is 10.4 Å². The van der Waals surface area contributed by atoms with Crippen LogP contribution in [0, 0.1) is 0 Å². The van der Waals surface area contributed by atoms with Crippen LogP contribution in [0.3, 0.4) is 0 Å². The van der Waals surface area contributed by atoms with E-state index < -0.39 is 5.91 Å². The molecule has 16 heavy (non-hydrogen) atoms. The van der Waals surface area contributed by atoms with Gasteiger partial charge in [0, 0.05) is 6.20 Å². The lowest BCUT2D eigenvalue weighted by Gasteiger charge is -2.03. The Kier molecular flexibility index (Phi) is 2.97. The van der Waals surface area contributed by atoms with Crippen LogP contribution in [-0.2, 0) is 0 Å². The highest BCUT2D eigenvalue weighted by Crippen LogP contribution is 2.18. The highest BCUT2D eigenvalue weighted by Gasteiger charge is 2.12. The number of rotatable bonds is 2. The second-order valence-electron chi connectivity index (χ2n) is 2.79. The molecule has 0 unspecified atom stereocenters. The number of nitrogens with one attached hydrogen (secondary N) is 1. The molecule has 0 aliphatic carbocycles. The molecule has 0 fully saturated rings. The predicted molar refractivity (Wildman–Crippen MR) is 61.5 cm³/mol. The van der Waals surface area contributed by atoms with Crippen LogP contribution in [0.5, 0.6) is 0 Å². The summed E-state index contributed by atoms with van der Waals surface area (Å²) in [6.07, 6.45) is 1.33. The first-order valence-electron chi connectivity index (χ1n) is 4.15. The highest BCUT2D eigenvalue weighted by molar-refractivity contribution is 7.13. The summed E-state index contributed by atoms with van der Waals surface area (Å²) in [5.74, 6) is -0.164. The quantitative estimate of drug-likeness (QED) is 0.846. The number of hydrogen-bond donors (Lipinski definition) is 2. The summed E-state index contributed by atoms with van der Waals surface area (Å²) >= 11 is 7.03. The van der Waals surface area contributed by atoms with Crippen LogP contribution in [0.2, 0.25) is 5.02 Å². The van der Waals surface area contributed by atoms with E-state index in [1.807, 2.05) is 0 Å². The van der Waals surface area contributed by atoms with Crippen LogP contribution in [0.15, 0.2) is 17.8 Å². The molecule has 2 rings (SSSR count).